The molecule has 0 bridgehead atoms. The number of halogens is 2. The van der Waals surface area contributed by atoms with Crippen molar-refractivity contribution < 1.29 is 4.39 Å². The summed E-state index contributed by atoms with van der Waals surface area (Å²) in [6.07, 6.45) is 3.75. The van der Waals surface area contributed by atoms with Crippen molar-refractivity contribution in [2.24, 2.45) is 0 Å². The number of hydrogen-bond acceptors (Lipinski definition) is 3. The highest BCUT2D eigenvalue weighted by Gasteiger charge is 2.41. The van der Waals surface area contributed by atoms with E-state index in [2.05, 4.69) is 26.2 Å². The Morgan fingerprint density at radius 1 is 1.20 bits per heavy atom. The molecule has 1 aliphatic heterocycles. The van der Waals surface area contributed by atoms with Crippen LogP contribution in [0, 0.1) is 5.82 Å². The van der Waals surface area contributed by atoms with E-state index in [4.69, 9.17) is 23.8 Å². The van der Waals surface area contributed by atoms with Crippen molar-refractivity contribution in [3.63, 3.8) is 0 Å². The minimum Gasteiger partial charge on any atom is -0.352 e. The van der Waals surface area contributed by atoms with Gasteiger partial charge in [-0.2, -0.15) is 0 Å². The molecular weight excluding hydrogens is 421 g/mol. The lowest BCUT2D eigenvalue weighted by molar-refractivity contribution is 0.272. The Hall–Kier alpha value is -2.48. The standard InChI is InChI=1S/C22H23ClFN5S/c1-27(2)12-13-29-21(20(26-22(29)30)18-6-3-4-10-25-18)19-7-5-11-28(19)15-8-9-17(24)16(23)14-15/h3-11,14,20-21H,12-13H2,1-2H3,(H,26,30)/t20-,21+/m0/s1. The van der Waals surface area contributed by atoms with Gasteiger partial charge in [-0.15, -0.1) is 0 Å². The van der Waals surface area contributed by atoms with Gasteiger partial charge in [0.25, 0.3) is 0 Å². The third kappa shape index (κ3) is 4.05. The Bertz CT molecular complexity index is 1040. The average Bonchev–Trinajstić information content (AvgIpc) is 3.33. The lowest BCUT2D eigenvalue weighted by Crippen LogP contribution is -2.36. The highest BCUT2D eigenvalue weighted by Crippen LogP contribution is 2.39. The first-order valence-electron chi connectivity index (χ1n) is 9.71. The molecule has 2 aromatic heterocycles. The van der Waals surface area contributed by atoms with Crippen molar-refractivity contribution in [1.29, 1.82) is 0 Å². The smallest absolute Gasteiger partial charge is 0.170 e. The van der Waals surface area contributed by atoms with Crippen molar-refractivity contribution in [2.45, 2.75) is 12.1 Å². The van der Waals surface area contributed by atoms with Gasteiger partial charge in [-0.05, 0) is 68.8 Å². The van der Waals surface area contributed by atoms with Crippen molar-refractivity contribution in [1.82, 2.24) is 24.7 Å². The summed E-state index contributed by atoms with van der Waals surface area (Å²) in [6.45, 7) is 1.62. The third-order valence-electron chi connectivity index (χ3n) is 5.25. The second-order valence-electron chi connectivity index (χ2n) is 7.52. The highest BCUT2D eigenvalue weighted by atomic mass is 35.5. The van der Waals surface area contributed by atoms with Gasteiger partial charge in [-0.3, -0.25) is 4.98 Å². The maximum Gasteiger partial charge on any atom is 0.170 e. The number of nitrogens with zero attached hydrogens (tertiary/aromatic N) is 4. The molecule has 0 spiro atoms. The van der Waals surface area contributed by atoms with Gasteiger partial charge < -0.3 is 19.7 Å². The Kier molecular flexibility index (Phi) is 6.04. The zero-order valence-electron chi connectivity index (χ0n) is 16.8. The van der Waals surface area contributed by atoms with Gasteiger partial charge in [-0.25, -0.2) is 4.39 Å². The number of hydrogen-bond donors (Lipinski definition) is 1. The van der Waals surface area contributed by atoms with Gasteiger partial charge >= 0.3 is 0 Å². The molecule has 0 unspecified atom stereocenters. The molecule has 1 aliphatic rings. The van der Waals surface area contributed by atoms with Gasteiger partial charge in [0.2, 0.25) is 0 Å². The second-order valence-corrected chi connectivity index (χ2v) is 8.32. The van der Waals surface area contributed by atoms with Crippen LogP contribution in [0.1, 0.15) is 23.5 Å². The number of likely N-dealkylation sites (N-methyl/N-ethyl adjacent to an activating group) is 1. The SMILES string of the molecule is CN(C)CCN1C(=S)N[C@@H](c2ccccn2)[C@H]1c1cccn1-c1ccc(F)c(Cl)c1. The zero-order valence-corrected chi connectivity index (χ0v) is 18.4. The van der Waals surface area contributed by atoms with Crippen molar-refractivity contribution in [3.05, 3.63) is 83.2 Å². The van der Waals surface area contributed by atoms with Crippen LogP contribution < -0.4 is 5.32 Å². The summed E-state index contributed by atoms with van der Waals surface area (Å²) in [6, 6.07) is 14.5. The minimum atomic E-state index is -0.434. The van der Waals surface area contributed by atoms with Crippen LogP contribution in [0.15, 0.2) is 60.9 Å². The predicted octanol–water partition coefficient (Wildman–Crippen LogP) is 4.20. The zero-order chi connectivity index (χ0) is 21.3. The topological polar surface area (TPSA) is 36.3 Å². The Morgan fingerprint density at radius 2 is 2.03 bits per heavy atom. The van der Waals surface area contributed by atoms with Gasteiger partial charge in [0.15, 0.2) is 5.11 Å². The van der Waals surface area contributed by atoms with E-state index < -0.39 is 5.82 Å². The summed E-state index contributed by atoms with van der Waals surface area (Å²) in [5, 5.41) is 4.25. The fourth-order valence-electron chi connectivity index (χ4n) is 3.78. The second kappa shape index (κ2) is 8.71. The van der Waals surface area contributed by atoms with Gasteiger partial charge in [0.05, 0.1) is 22.8 Å². The first-order valence-corrected chi connectivity index (χ1v) is 10.5. The molecule has 1 saturated heterocycles. The summed E-state index contributed by atoms with van der Waals surface area (Å²) in [7, 11) is 4.09. The Labute approximate surface area is 186 Å². The molecule has 156 valence electrons. The number of benzene rings is 1. The molecule has 0 aliphatic carbocycles. The van der Waals surface area contributed by atoms with E-state index in [1.807, 2.05) is 49.1 Å². The fourth-order valence-corrected chi connectivity index (χ4v) is 4.29. The van der Waals surface area contributed by atoms with E-state index in [0.717, 1.165) is 30.2 Å². The molecule has 3 heterocycles. The van der Waals surface area contributed by atoms with Gasteiger partial charge in [0.1, 0.15) is 5.82 Å². The molecule has 0 radical (unpaired) electrons. The lowest BCUT2D eigenvalue weighted by Gasteiger charge is -2.29. The third-order valence-corrected chi connectivity index (χ3v) is 5.89. The number of pyridine rings is 1. The molecule has 1 fully saturated rings. The van der Waals surface area contributed by atoms with Crippen LogP contribution >= 0.6 is 23.8 Å². The van der Waals surface area contributed by atoms with E-state index >= 15 is 0 Å². The number of rotatable bonds is 6. The molecular formula is C22H23ClFN5S. The molecule has 3 aromatic rings. The summed E-state index contributed by atoms with van der Waals surface area (Å²) in [4.78, 5) is 8.91. The van der Waals surface area contributed by atoms with Crippen molar-refractivity contribution in [2.75, 3.05) is 27.2 Å². The predicted molar refractivity (Wildman–Crippen MR) is 121 cm³/mol. The summed E-state index contributed by atoms with van der Waals surface area (Å²) in [5.74, 6) is -0.434. The largest absolute Gasteiger partial charge is 0.352 e. The summed E-state index contributed by atoms with van der Waals surface area (Å²) >= 11 is 11.8. The van der Waals surface area contributed by atoms with Crippen molar-refractivity contribution in [3.8, 4) is 5.69 Å². The number of aromatic nitrogens is 2. The van der Waals surface area contributed by atoms with E-state index in [-0.39, 0.29) is 17.1 Å². The summed E-state index contributed by atoms with van der Waals surface area (Å²) < 4.78 is 15.8. The first kappa shape index (κ1) is 20.8. The fraction of sp³-hybridized carbons (Fsp3) is 0.273. The van der Waals surface area contributed by atoms with Crippen LogP contribution in [0.4, 0.5) is 4.39 Å². The molecule has 5 nitrogen and oxygen atoms in total. The van der Waals surface area contributed by atoms with Gasteiger partial charge in [-0.1, -0.05) is 17.7 Å². The van der Waals surface area contributed by atoms with Crippen molar-refractivity contribution >= 4 is 28.9 Å². The van der Waals surface area contributed by atoms with Gasteiger partial charge in [0, 0.05) is 36.9 Å². The maximum absolute atomic E-state index is 13.7. The van der Waals surface area contributed by atoms with Crippen LogP contribution in [0.25, 0.3) is 5.69 Å². The Morgan fingerprint density at radius 3 is 2.73 bits per heavy atom. The van der Waals surface area contributed by atoms with Crippen LogP contribution in [0.3, 0.4) is 0 Å². The quantitative estimate of drug-likeness (QED) is 0.578. The van der Waals surface area contributed by atoms with E-state index in [1.165, 1.54) is 6.07 Å². The highest BCUT2D eigenvalue weighted by molar-refractivity contribution is 7.80. The number of nitrogens with one attached hydrogen (secondary N) is 1. The molecule has 4 rings (SSSR count). The number of thiocarbonyl (C=S) groups is 1. The van der Waals surface area contributed by atoms with E-state index in [1.54, 1.807) is 18.3 Å². The summed E-state index contributed by atoms with van der Waals surface area (Å²) in [5.41, 5.74) is 2.74. The molecule has 0 saturated carbocycles. The van der Waals surface area contributed by atoms with Crippen LogP contribution in [-0.2, 0) is 0 Å². The van der Waals surface area contributed by atoms with Crippen LogP contribution in [0.2, 0.25) is 5.02 Å². The van der Waals surface area contributed by atoms with E-state index in [9.17, 15) is 4.39 Å². The lowest BCUT2D eigenvalue weighted by atomic mass is 10.0. The molecule has 0 amide bonds. The molecule has 2 atom stereocenters. The molecule has 30 heavy (non-hydrogen) atoms. The molecule has 1 aromatic carbocycles. The van der Waals surface area contributed by atoms with E-state index in [0.29, 0.717) is 5.11 Å². The Balaban J connectivity index is 1.78. The van der Waals surface area contributed by atoms with Crippen LogP contribution in [0.5, 0.6) is 0 Å². The average molecular weight is 444 g/mol. The molecule has 8 heteroatoms. The van der Waals surface area contributed by atoms with Crippen LogP contribution in [-0.4, -0.2) is 51.6 Å². The first-order chi connectivity index (χ1) is 14.5. The molecule has 1 N–H and O–H groups in total. The maximum atomic E-state index is 13.7. The minimum absolute atomic E-state index is 0.0776. The monoisotopic (exact) mass is 443 g/mol. The normalized spacial score (nSPS) is 18.8.